The third-order valence-corrected chi connectivity index (χ3v) is 1.94. The van der Waals surface area contributed by atoms with Gasteiger partial charge in [-0.2, -0.15) is 0 Å². The molecule has 2 atom stereocenters. The van der Waals surface area contributed by atoms with Gasteiger partial charge in [0, 0.05) is 13.0 Å². The molecule has 0 aromatic carbocycles. The van der Waals surface area contributed by atoms with E-state index in [2.05, 4.69) is 5.32 Å². The van der Waals surface area contributed by atoms with Crippen molar-refractivity contribution in [1.29, 1.82) is 0 Å². The Morgan fingerprint density at radius 2 is 1.81 bits per heavy atom. The molecular weight excluding hydrogens is 204 g/mol. The summed E-state index contributed by atoms with van der Waals surface area (Å²) in [6, 6.07) is -0.417. The number of imide groups is 1. The van der Waals surface area contributed by atoms with Crippen LogP contribution in [0.4, 0.5) is 0 Å². The van der Waals surface area contributed by atoms with Crippen LogP contribution < -0.4 is 11.1 Å². The third-order valence-electron chi connectivity index (χ3n) is 1.94. The van der Waals surface area contributed by atoms with E-state index in [-0.39, 0.29) is 11.8 Å². The van der Waals surface area contributed by atoms with Crippen molar-refractivity contribution in [3.05, 3.63) is 23.8 Å². The Bertz CT molecular complexity index is 315. The molecule has 3 N–H and O–H groups in total. The fourth-order valence-electron chi connectivity index (χ4n) is 1.32. The van der Waals surface area contributed by atoms with Crippen LogP contribution in [-0.4, -0.2) is 17.9 Å². The first-order chi connectivity index (χ1) is 7.38. The average Bonchev–Trinajstić information content (AvgIpc) is 2.12. The van der Waals surface area contributed by atoms with E-state index in [0.717, 1.165) is 5.57 Å². The van der Waals surface area contributed by atoms with E-state index in [1.54, 1.807) is 18.2 Å². The lowest BCUT2D eigenvalue weighted by atomic mass is 9.96. The molecule has 2 amide bonds. The topological polar surface area (TPSA) is 72.2 Å². The van der Waals surface area contributed by atoms with Gasteiger partial charge in [-0.15, -0.1) is 0 Å². The van der Waals surface area contributed by atoms with Crippen molar-refractivity contribution in [1.82, 2.24) is 5.32 Å². The first-order valence-corrected chi connectivity index (χ1v) is 5.23. The number of nitrogens with one attached hydrogen (secondary N) is 1. The van der Waals surface area contributed by atoms with Gasteiger partial charge >= 0.3 is 0 Å². The van der Waals surface area contributed by atoms with Crippen LogP contribution in [0.2, 0.25) is 0 Å². The molecule has 0 aromatic rings. The highest BCUT2D eigenvalue weighted by molar-refractivity contribution is 5.96. The fourth-order valence-corrected chi connectivity index (χ4v) is 1.32. The summed E-state index contributed by atoms with van der Waals surface area (Å²) in [5, 5.41) is 2.25. The maximum Gasteiger partial charge on any atom is 0.235 e. The zero-order chi connectivity index (χ0) is 12.7. The molecule has 4 heteroatoms. The van der Waals surface area contributed by atoms with Crippen LogP contribution in [0.5, 0.6) is 0 Å². The Balaban J connectivity index is 4.86. The minimum Gasteiger partial charge on any atom is -0.324 e. The summed E-state index contributed by atoms with van der Waals surface area (Å²) in [6.45, 7) is 6.91. The van der Waals surface area contributed by atoms with E-state index in [0.29, 0.717) is 0 Å². The van der Waals surface area contributed by atoms with Crippen LogP contribution in [0.3, 0.4) is 0 Å². The Morgan fingerprint density at radius 3 is 2.19 bits per heavy atom. The van der Waals surface area contributed by atoms with E-state index in [9.17, 15) is 9.59 Å². The molecule has 4 nitrogen and oxygen atoms in total. The molecule has 0 rings (SSSR count). The molecule has 0 saturated carbocycles. The summed E-state index contributed by atoms with van der Waals surface area (Å²) >= 11 is 0. The molecule has 0 aliphatic heterocycles. The van der Waals surface area contributed by atoms with Crippen LogP contribution in [0.25, 0.3) is 0 Å². The monoisotopic (exact) mass is 224 g/mol. The largest absolute Gasteiger partial charge is 0.324 e. The van der Waals surface area contributed by atoms with Crippen LogP contribution >= 0.6 is 0 Å². The second-order valence-corrected chi connectivity index (χ2v) is 3.92. The molecule has 0 saturated heterocycles. The minimum atomic E-state index is -0.509. The summed E-state index contributed by atoms with van der Waals surface area (Å²) in [7, 11) is 0. The maximum absolute atomic E-state index is 11.7. The molecule has 90 valence electrons. The van der Waals surface area contributed by atoms with Gasteiger partial charge in [0.15, 0.2) is 0 Å². The van der Waals surface area contributed by atoms with Gasteiger partial charge in [0.25, 0.3) is 0 Å². The van der Waals surface area contributed by atoms with Gasteiger partial charge in [0.05, 0.1) is 5.92 Å². The van der Waals surface area contributed by atoms with E-state index < -0.39 is 12.0 Å². The van der Waals surface area contributed by atoms with Crippen LogP contribution in [0.1, 0.15) is 27.7 Å². The summed E-state index contributed by atoms with van der Waals surface area (Å²) in [4.78, 5) is 22.5. The third kappa shape index (κ3) is 5.46. The highest BCUT2D eigenvalue weighted by Crippen LogP contribution is 2.09. The van der Waals surface area contributed by atoms with Gasteiger partial charge in [-0.25, -0.2) is 0 Å². The van der Waals surface area contributed by atoms with E-state index >= 15 is 0 Å². The average molecular weight is 224 g/mol. The summed E-state index contributed by atoms with van der Waals surface area (Å²) in [5.74, 6) is -1.24. The first kappa shape index (κ1) is 14.6. The van der Waals surface area contributed by atoms with Crippen LogP contribution in [-0.2, 0) is 9.59 Å². The highest BCUT2D eigenvalue weighted by atomic mass is 16.2. The summed E-state index contributed by atoms with van der Waals surface area (Å²) in [6.07, 6.45) is 5.30. The zero-order valence-electron chi connectivity index (χ0n) is 10.3. The molecule has 0 fully saturated rings. The molecule has 0 bridgehead atoms. The van der Waals surface area contributed by atoms with E-state index in [1.165, 1.54) is 6.92 Å². The van der Waals surface area contributed by atoms with Crippen molar-refractivity contribution in [3.63, 3.8) is 0 Å². The molecule has 0 aliphatic rings. The molecule has 0 heterocycles. The second kappa shape index (κ2) is 6.95. The van der Waals surface area contributed by atoms with Crippen molar-refractivity contribution >= 4 is 11.8 Å². The molecule has 2 unspecified atom stereocenters. The van der Waals surface area contributed by atoms with Crippen LogP contribution in [0.15, 0.2) is 23.8 Å². The molecule has 0 spiro atoms. The van der Waals surface area contributed by atoms with Gasteiger partial charge in [-0.1, -0.05) is 23.8 Å². The van der Waals surface area contributed by atoms with Gasteiger partial charge in [0.1, 0.15) is 0 Å². The predicted octanol–water partition coefficient (Wildman–Crippen LogP) is 1.13. The van der Waals surface area contributed by atoms with Crippen molar-refractivity contribution in [2.24, 2.45) is 11.7 Å². The Morgan fingerprint density at radius 1 is 1.25 bits per heavy atom. The normalized spacial score (nSPS) is 14.3. The smallest absolute Gasteiger partial charge is 0.235 e. The summed E-state index contributed by atoms with van der Waals surface area (Å²) in [5.41, 5.74) is 6.84. The Kier molecular flexibility index (Phi) is 6.34. The van der Waals surface area contributed by atoms with Crippen molar-refractivity contribution in [2.45, 2.75) is 33.7 Å². The van der Waals surface area contributed by atoms with Crippen LogP contribution in [0, 0.1) is 5.92 Å². The number of carbonyl (C=O) groups is 2. The quantitative estimate of drug-likeness (QED) is 0.703. The van der Waals surface area contributed by atoms with Gasteiger partial charge in [-0.3, -0.25) is 14.9 Å². The van der Waals surface area contributed by atoms with E-state index in [4.69, 9.17) is 5.73 Å². The lowest BCUT2D eigenvalue weighted by Gasteiger charge is -2.17. The lowest BCUT2D eigenvalue weighted by Crippen LogP contribution is -2.41. The predicted molar refractivity (Wildman–Crippen MR) is 64.5 cm³/mol. The lowest BCUT2D eigenvalue weighted by molar-refractivity contribution is -0.131. The van der Waals surface area contributed by atoms with Gasteiger partial charge < -0.3 is 5.73 Å². The number of hydrogen-bond donors (Lipinski definition) is 2. The van der Waals surface area contributed by atoms with Gasteiger partial charge in [-0.05, 0) is 20.8 Å². The Hall–Kier alpha value is -1.42. The summed E-state index contributed by atoms with van der Waals surface area (Å²) < 4.78 is 0. The SMILES string of the molecule is C/C=C/C(N)C(C=C(C)C)C(=O)NC(C)=O. The molecular formula is C12H20N2O2. The number of allylic oxidation sites excluding steroid dienone is 2. The highest BCUT2D eigenvalue weighted by Gasteiger charge is 2.22. The number of hydrogen-bond acceptors (Lipinski definition) is 3. The number of carbonyl (C=O) groups excluding carboxylic acids is 2. The van der Waals surface area contributed by atoms with E-state index in [1.807, 2.05) is 20.8 Å². The number of rotatable bonds is 4. The molecule has 0 aromatic heterocycles. The zero-order valence-corrected chi connectivity index (χ0v) is 10.3. The number of nitrogens with two attached hydrogens (primary N) is 1. The molecule has 0 radical (unpaired) electrons. The molecule has 0 aliphatic carbocycles. The second-order valence-electron chi connectivity index (χ2n) is 3.92. The fraction of sp³-hybridized carbons (Fsp3) is 0.500. The van der Waals surface area contributed by atoms with Crippen molar-refractivity contribution in [2.75, 3.05) is 0 Å². The van der Waals surface area contributed by atoms with Crippen molar-refractivity contribution in [3.8, 4) is 0 Å². The maximum atomic E-state index is 11.7. The van der Waals surface area contributed by atoms with Crippen molar-refractivity contribution < 1.29 is 9.59 Å². The Labute approximate surface area is 96.6 Å². The standard InChI is InChI=1S/C12H20N2O2/c1-5-6-11(13)10(7-8(2)3)12(16)14-9(4)15/h5-7,10-11H,13H2,1-4H3,(H,14,15,16)/b6-5+. The number of amides is 2. The minimum absolute atomic E-state index is 0.362. The molecule has 16 heavy (non-hydrogen) atoms. The first-order valence-electron chi connectivity index (χ1n) is 5.23. The van der Waals surface area contributed by atoms with Gasteiger partial charge in [0.2, 0.25) is 11.8 Å².